The molecule has 0 spiro atoms. The molecular weight excluding hydrogens is 445 g/mol. The summed E-state index contributed by atoms with van der Waals surface area (Å²) in [6, 6.07) is 28.0. The fourth-order valence-electron chi connectivity index (χ4n) is 4.10. The highest BCUT2D eigenvalue weighted by atomic mass is 19.1. The zero-order chi connectivity index (χ0) is 24.6. The molecule has 0 bridgehead atoms. The number of rotatable bonds is 9. The van der Waals surface area contributed by atoms with Crippen molar-refractivity contribution in [3.05, 3.63) is 136 Å². The first-order chi connectivity index (χ1) is 17.0. The van der Waals surface area contributed by atoms with E-state index in [0.29, 0.717) is 24.9 Å². The molecule has 6 heteroatoms. The van der Waals surface area contributed by atoms with Crippen LogP contribution in [0.5, 0.6) is 5.75 Å². The molecule has 0 saturated heterocycles. The average molecular weight is 472 g/mol. The third-order valence-corrected chi connectivity index (χ3v) is 5.72. The highest BCUT2D eigenvalue weighted by Gasteiger charge is 2.17. The van der Waals surface area contributed by atoms with E-state index in [9.17, 15) is 14.0 Å². The van der Waals surface area contributed by atoms with Crippen molar-refractivity contribution < 1.29 is 19.0 Å². The standard InChI is InChI=1S/C29H26FNO4/c1-21(32)34-35-26-15-16-27(30)24(19-26)13-8-18-31-20-25(14-17-28(31)33)29(22-9-4-2-5-10-22)23-11-6-3-7-12-23/h2-7,9-12,14-17,19-20,29H,8,13,18H2,1H3. The van der Waals surface area contributed by atoms with Gasteiger partial charge in [0.2, 0.25) is 0 Å². The van der Waals surface area contributed by atoms with Crippen molar-refractivity contribution in [1.29, 1.82) is 0 Å². The van der Waals surface area contributed by atoms with Crippen LogP contribution in [0.4, 0.5) is 4.39 Å². The number of carbonyl (C=O) groups is 1. The molecule has 0 atom stereocenters. The molecule has 1 heterocycles. The molecule has 0 aliphatic carbocycles. The summed E-state index contributed by atoms with van der Waals surface area (Å²) in [6.45, 7) is 1.65. The highest BCUT2D eigenvalue weighted by molar-refractivity contribution is 5.65. The van der Waals surface area contributed by atoms with Crippen LogP contribution < -0.4 is 10.4 Å². The van der Waals surface area contributed by atoms with Crippen molar-refractivity contribution in [1.82, 2.24) is 4.57 Å². The molecule has 0 radical (unpaired) electrons. The molecule has 0 aliphatic heterocycles. The van der Waals surface area contributed by atoms with Gasteiger partial charge in [0.05, 0.1) is 0 Å². The summed E-state index contributed by atoms with van der Waals surface area (Å²) in [7, 11) is 0. The van der Waals surface area contributed by atoms with Crippen LogP contribution in [0.2, 0.25) is 0 Å². The molecule has 5 nitrogen and oxygen atoms in total. The number of hydrogen-bond donors (Lipinski definition) is 0. The summed E-state index contributed by atoms with van der Waals surface area (Å²) in [5.74, 6) is -0.755. The van der Waals surface area contributed by atoms with Gasteiger partial charge in [-0.2, -0.15) is 0 Å². The first-order valence-corrected chi connectivity index (χ1v) is 11.4. The second kappa shape index (κ2) is 11.3. The van der Waals surface area contributed by atoms with Crippen LogP contribution in [0.15, 0.2) is 102 Å². The molecule has 4 rings (SSSR count). The Kier molecular flexibility index (Phi) is 7.73. The largest absolute Gasteiger partial charge is 0.352 e. The Morgan fingerprint density at radius 1 is 0.886 bits per heavy atom. The van der Waals surface area contributed by atoms with Crippen LogP contribution in [0.25, 0.3) is 0 Å². The average Bonchev–Trinajstić information content (AvgIpc) is 2.87. The van der Waals surface area contributed by atoms with Gasteiger partial charge < -0.3 is 4.57 Å². The predicted octanol–water partition coefficient (Wildman–Crippen LogP) is 5.66. The van der Waals surface area contributed by atoms with Crippen LogP contribution in [-0.4, -0.2) is 10.5 Å². The molecule has 0 amide bonds. The van der Waals surface area contributed by atoms with Crippen LogP contribution in [0.3, 0.4) is 0 Å². The third kappa shape index (κ3) is 6.23. The predicted molar refractivity (Wildman–Crippen MR) is 132 cm³/mol. The zero-order valence-electron chi connectivity index (χ0n) is 19.4. The fourth-order valence-corrected chi connectivity index (χ4v) is 4.10. The topological polar surface area (TPSA) is 57.5 Å². The molecule has 4 aromatic rings. The van der Waals surface area contributed by atoms with Crippen LogP contribution >= 0.6 is 0 Å². The molecular formula is C29H26FNO4. The number of halogens is 1. The maximum absolute atomic E-state index is 14.3. The Labute approximate surface area is 203 Å². The lowest BCUT2D eigenvalue weighted by molar-refractivity contribution is -0.210. The SMILES string of the molecule is CC(=O)OOc1ccc(F)c(CCCn2cc(C(c3ccccc3)c3ccccc3)ccc2=O)c1. The van der Waals surface area contributed by atoms with E-state index >= 15 is 0 Å². The Balaban J connectivity index is 1.53. The van der Waals surface area contributed by atoms with Crippen molar-refractivity contribution in [3.63, 3.8) is 0 Å². The van der Waals surface area contributed by atoms with E-state index in [1.165, 1.54) is 25.1 Å². The van der Waals surface area contributed by atoms with Gasteiger partial charge in [0.25, 0.3) is 5.56 Å². The fraction of sp³-hybridized carbons (Fsp3) is 0.172. The van der Waals surface area contributed by atoms with Gasteiger partial charge in [-0.3, -0.25) is 14.6 Å². The molecule has 0 fully saturated rings. The van der Waals surface area contributed by atoms with Gasteiger partial charge in [-0.05, 0) is 53.3 Å². The Morgan fingerprint density at radius 2 is 1.54 bits per heavy atom. The first kappa shape index (κ1) is 24.0. The maximum atomic E-state index is 14.3. The second-order valence-electron chi connectivity index (χ2n) is 8.26. The van der Waals surface area contributed by atoms with Gasteiger partial charge in [-0.25, -0.2) is 9.18 Å². The lowest BCUT2D eigenvalue weighted by Gasteiger charge is -2.20. The highest BCUT2D eigenvalue weighted by Crippen LogP contribution is 2.31. The van der Waals surface area contributed by atoms with Crippen molar-refractivity contribution in [2.45, 2.75) is 32.2 Å². The van der Waals surface area contributed by atoms with Gasteiger partial charge >= 0.3 is 5.97 Å². The first-order valence-electron chi connectivity index (χ1n) is 11.4. The Morgan fingerprint density at radius 3 is 2.17 bits per heavy atom. The molecule has 3 aromatic carbocycles. The van der Waals surface area contributed by atoms with Crippen LogP contribution in [0, 0.1) is 5.82 Å². The molecule has 0 N–H and O–H groups in total. The van der Waals surface area contributed by atoms with Crippen LogP contribution in [0.1, 0.15) is 41.5 Å². The lowest BCUT2D eigenvalue weighted by atomic mass is 9.86. The summed E-state index contributed by atoms with van der Waals surface area (Å²) in [6.07, 6.45) is 2.82. The number of aryl methyl sites for hydroxylation is 2. The normalized spacial score (nSPS) is 10.8. The molecule has 35 heavy (non-hydrogen) atoms. The third-order valence-electron chi connectivity index (χ3n) is 5.72. The van der Waals surface area contributed by atoms with E-state index in [4.69, 9.17) is 4.89 Å². The lowest BCUT2D eigenvalue weighted by Crippen LogP contribution is -2.20. The summed E-state index contributed by atoms with van der Waals surface area (Å²) in [5.41, 5.74) is 3.59. The van der Waals surface area contributed by atoms with Gasteiger partial charge in [0, 0.05) is 31.6 Å². The van der Waals surface area contributed by atoms with Gasteiger partial charge in [0.15, 0.2) is 5.75 Å². The van der Waals surface area contributed by atoms with Gasteiger partial charge in [-0.15, -0.1) is 0 Å². The van der Waals surface area contributed by atoms with Gasteiger partial charge in [-0.1, -0.05) is 66.7 Å². The summed E-state index contributed by atoms with van der Waals surface area (Å²) < 4.78 is 16.0. The van der Waals surface area contributed by atoms with E-state index in [1.807, 2.05) is 48.7 Å². The smallest absolute Gasteiger partial charge is 0.315 e. The minimum Gasteiger partial charge on any atom is -0.315 e. The number of hydrogen-bond acceptors (Lipinski definition) is 4. The molecule has 1 aromatic heterocycles. The minimum atomic E-state index is -0.598. The summed E-state index contributed by atoms with van der Waals surface area (Å²) >= 11 is 0. The number of aromatic nitrogens is 1. The number of benzene rings is 3. The molecule has 178 valence electrons. The van der Waals surface area contributed by atoms with Crippen molar-refractivity contribution in [2.24, 2.45) is 0 Å². The molecule has 0 unspecified atom stereocenters. The van der Waals surface area contributed by atoms with Crippen molar-refractivity contribution in [3.8, 4) is 5.75 Å². The van der Waals surface area contributed by atoms with Crippen molar-refractivity contribution >= 4 is 5.97 Å². The van der Waals surface area contributed by atoms with E-state index < -0.39 is 5.97 Å². The van der Waals surface area contributed by atoms with E-state index in [1.54, 1.807) is 10.6 Å². The minimum absolute atomic E-state index is 0.0169. The number of nitrogens with zero attached hydrogens (tertiary/aromatic N) is 1. The monoisotopic (exact) mass is 471 g/mol. The van der Waals surface area contributed by atoms with E-state index in [0.717, 1.165) is 16.7 Å². The molecule has 0 saturated carbocycles. The zero-order valence-corrected chi connectivity index (χ0v) is 19.4. The van der Waals surface area contributed by atoms with Gasteiger partial charge in [0.1, 0.15) is 5.82 Å². The number of carbonyl (C=O) groups excluding carboxylic acids is 1. The Bertz CT molecular complexity index is 1300. The molecule has 0 aliphatic rings. The number of pyridine rings is 1. The summed E-state index contributed by atoms with van der Waals surface area (Å²) in [4.78, 5) is 32.9. The van der Waals surface area contributed by atoms with E-state index in [-0.39, 0.29) is 23.0 Å². The van der Waals surface area contributed by atoms with Crippen molar-refractivity contribution in [2.75, 3.05) is 0 Å². The second-order valence-corrected chi connectivity index (χ2v) is 8.26. The summed E-state index contributed by atoms with van der Waals surface area (Å²) in [5, 5.41) is 0. The van der Waals surface area contributed by atoms with Crippen LogP contribution in [-0.2, 0) is 22.6 Å². The Hall–Kier alpha value is -4.19. The van der Waals surface area contributed by atoms with E-state index in [2.05, 4.69) is 29.2 Å². The maximum Gasteiger partial charge on any atom is 0.352 e. The quantitative estimate of drug-likeness (QED) is 0.234.